The van der Waals surface area contributed by atoms with E-state index >= 15 is 0 Å². The van der Waals surface area contributed by atoms with E-state index in [1.165, 1.54) is 101 Å². The van der Waals surface area contributed by atoms with Crippen LogP contribution >= 0.6 is 47.0 Å². The number of esters is 2. The molecule has 0 atom stereocenters. The van der Waals surface area contributed by atoms with Gasteiger partial charge in [0.1, 0.15) is 60.8 Å². The molecule has 0 saturated heterocycles. The molecule has 2 aromatic heterocycles. The lowest BCUT2D eigenvalue weighted by atomic mass is 9.87. The Labute approximate surface area is 693 Å². The Morgan fingerprint density at radius 1 is 0.319 bits per heavy atom. The van der Waals surface area contributed by atoms with Crippen molar-refractivity contribution in [3.63, 3.8) is 0 Å². The Balaban J connectivity index is 0.743. The fraction of sp³-hybridized carbons (Fsp3) is 0.245. The summed E-state index contributed by atoms with van der Waals surface area (Å²) in [6.07, 6.45) is 3.67. The van der Waals surface area contributed by atoms with Crippen molar-refractivity contribution >= 4 is 124 Å². The van der Waals surface area contributed by atoms with Gasteiger partial charge in [0.05, 0.1) is 64.6 Å². The largest absolute Gasteiger partial charge is 0.487 e. The minimum absolute atomic E-state index is 0.121. The first-order valence-electron chi connectivity index (χ1n) is 39.2. The molecule has 0 unspecified atom stereocenters. The molecule has 116 heavy (non-hydrogen) atoms. The first kappa shape index (κ1) is 77.5. The van der Waals surface area contributed by atoms with E-state index in [0.717, 1.165) is 94.4 Å². The van der Waals surface area contributed by atoms with Crippen LogP contribution in [0.5, 0.6) is 23.0 Å². The van der Waals surface area contributed by atoms with Gasteiger partial charge in [-0.15, -0.1) is 10.2 Å². The van der Waals surface area contributed by atoms with E-state index in [1.54, 1.807) is 9.36 Å². The smallest absolute Gasteiger partial charge is 0.344 e. The molecule has 0 spiro atoms. The molecule has 16 aromatic rings. The van der Waals surface area contributed by atoms with E-state index in [-0.39, 0.29) is 48.1 Å². The van der Waals surface area contributed by atoms with Crippen molar-refractivity contribution < 1.29 is 38.0 Å². The first-order chi connectivity index (χ1) is 55.7. The third-order valence-electron chi connectivity index (χ3n) is 21.4. The monoisotopic (exact) mass is 1610 g/mol. The van der Waals surface area contributed by atoms with Crippen molar-refractivity contribution in [2.75, 3.05) is 13.2 Å². The van der Waals surface area contributed by atoms with Gasteiger partial charge in [-0.2, -0.15) is 0 Å². The van der Waals surface area contributed by atoms with Crippen LogP contribution in [0.3, 0.4) is 0 Å². The van der Waals surface area contributed by atoms with Crippen LogP contribution in [0.2, 0.25) is 0 Å². The van der Waals surface area contributed by atoms with Crippen molar-refractivity contribution in [1.29, 1.82) is 0 Å². The lowest BCUT2D eigenvalue weighted by Crippen LogP contribution is -2.17. The average Bonchev–Trinajstić information content (AvgIpc) is 0.894. The van der Waals surface area contributed by atoms with Crippen molar-refractivity contribution in [2.24, 2.45) is 0 Å². The lowest BCUT2D eigenvalue weighted by Gasteiger charge is -2.28. The molecular weight excluding hydrogens is 1520 g/mol. The van der Waals surface area contributed by atoms with Crippen molar-refractivity contribution in [1.82, 2.24) is 30.0 Å². The standard InChI is InChI=1S/C98H90N6O8S4/c1-95(2,3)69-41-77-91(109-53-59-21-15-13-16-22-59)78(42-69)114-82-46-72(98(10,11)12)48-84(94(82)112-58-86(106)108-56-74-52-104(102-100-74)50-68-36-34-66-32-30-62-26-20-28-64-38-40-76(68)90(66)88(62)64)116-80-44-70(96(4,5)6)43-79(92(80)110-54-60-23-17-14-18-24-60)115-83-47-71(97(7,8)9)45-81(113-77)93(83)111-57-85(105)107-55-73-51-103(101-99-73)49-67-35-33-65-31-29-61-25-19-27-63-37-39-75(67)89(65)87(61)63/h13-48,51-52H,49-50,53-58H2,1-12H3. The maximum Gasteiger partial charge on any atom is 0.344 e. The maximum atomic E-state index is 14.6. The highest BCUT2D eigenvalue weighted by Gasteiger charge is 2.32. The normalized spacial score (nSPS) is 12.9. The Morgan fingerprint density at radius 2 is 0.603 bits per heavy atom. The Hall–Kier alpha value is -11.0. The SMILES string of the molecule is CC(C)(C)c1cc2c(OCC(=O)OCc3cn(Cc4ccc5ccc6cccc7ccc4c5c67)nn3)c(c1)Sc1cc(C(C)(C)C)cc(c1OCc1ccccc1)Sc1cc(C(C)(C)C)cc(c1OCC(=O)OCc1cn(Cc3ccc4ccc5cccc6ccc3c4c56)nn1)Sc1cc(C(C)(C)C)cc(c1OCc1ccccc1)S2. The second-order valence-electron chi connectivity index (χ2n) is 34.0. The maximum absolute atomic E-state index is 14.6. The quantitative estimate of drug-likeness (QED) is 0.0525. The number of hydrogen-bond acceptors (Lipinski definition) is 16. The van der Waals surface area contributed by atoms with Gasteiger partial charge in [-0.05, 0) is 179 Å². The average molecular weight is 1610 g/mol. The number of ether oxygens (including phenoxy) is 6. The van der Waals surface area contributed by atoms with Crippen molar-refractivity contribution in [3.05, 3.63) is 287 Å². The number of rotatable bonds is 20. The van der Waals surface area contributed by atoms with Gasteiger partial charge in [0.25, 0.3) is 0 Å². The molecule has 0 amide bonds. The highest BCUT2D eigenvalue weighted by atomic mass is 32.2. The third-order valence-corrected chi connectivity index (χ3v) is 25.6. The van der Waals surface area contributed by atoms with Gasteiger partial charge in [-0.25, -0.2) is 19.0 Å². The highest BCUT2D eigenvalue weighted by Crippen LogP contribution is 2.57. The van der Waals surface area contributed by atoms with Crippen molar-refractivity contribution in [2.45, 2.75) is 183 Å². The molecule has 14 nitrogen and oxygen atoms in total. The highest BCUT2D eigenvalue weighted by molar-refractivity contribution is 8.01. The minimum Gasteiger partial charge on any atom is -0.487 e. The fourth-order valence-corrected chi connectivity index (χ4v) is 19.8. The van der Waals surface area contributed by atoms with Crippen LogP contribution in [0.1, 0.15) is 139 Å². The summed E-state index contributed by atoms with van der Waals surface area (Å²) in [5.74, 6) is 1.05. The predicted molar refractivity (Wildman–Crippen MR) is 468 cm³/mol. The van der Waals surface area contributed by atoms with Crippen LogP contribution in [0, 0.1) is 0 Å². The van der Waals surface area contributed by atoms with Crippen LogP contribution < -0.4 is 18.9 Å². The van der Waals surface area contributed by atoms with Crippen molar-refractivity contribution in [3.8, 4) is 23.0 Å². The molecule has 1 aliphatic rings. The molecule has 14 aromatic carbocycles. The van der Waals surface area contributed by atoms with E-state index in [9.17, 15) is 9.59 Å². The summed E-state index contributed by atoms with van der Waals surface area (Å²) in [6, 6.07) is 77.1. The molecule has 17 rings (SSSR count). The van der Waals surface area contributed by atoms with Gasteiger partial charge >= 0.3 is 11.9 Å². The lowest BCUT2D eigenvalue weighted by molar-refractivity contribution is -0.148. The zero-order valence-electron chi connectivity index (χ0n) is 67.2. The number of carbonyl (C=O) groups is 2. The number of hydrogen-bond donors (Lipinski definition) is 0. The Bertz CT molecular complexity index is 5900. The molecule has 0 saturated carbocycles. The zero-order valence-corrected chi connectivity index (χ0v) is 70.4. The fourth-order valence-electron chi connectivity index (χ4n) is 15.0. The van der Waals surface area contributed by atoms with E-state index in [0.29, 0.717) is 47.5 Å². The second kappa shape index (κ2) is 31.5. The van der Waals surface area contributed by atoms with Gasteiger partial charge in [0, 0.05) is 0 Å². The first-order valence-corrected chi connectivity index (χ1v) is 42.5. The van der Waals surface area contributed by atoms with Crippen LogP contribution in [0.15, 0.2) is 270 Å². The van der Waals surface area contributed by atoms with Crippen LogP contribution in [0.25, 0.3) is 64.6 Å². The van der Waals surface area contributed by atoms with E-state index in [1.807, 2.05) is 48.8 Å². The van der Waals surface area contributed by atoms with Gasteiger partial charge in [-0.1, -0.05) is 310 Å². The van der Waals surface area contributed by atoms with Crippen LogP contribution in [0.4, 0.5) is 0 Å². The summed E-state index contributed by atoms with van der Waals surface area (Å²) in [7, 11) is 0. The molecule has 8 bridgehead atoms. The number of fused-ring (bicyclic) bond motifs is 8. The number of carbonyl (C=O) groups excluding carboxylic acids is 2. The molecule has 0 aliphatic carbocycles. The molecule has 18 heteroatoms. The molecule has 3 heterocycles. The van der Waals surface area contributed by atoms with Gasteiger partial charge in [0.15, 0.2) is 13.2 Å². The second-order valence-corrected chi connectivity index (χ2v) is 38.4. The number of benzene rings is 14. The van der Waals surface area contributed by atoms with E-state index in [2.05, 4.69) is 286 Å². The predicted octanol–water partition coefficient (Wildman–Crippen LogP) is 24.3. The van der Waals surface area contributed by atoms with Gasteiger partial charge < -0.3 is 28.4 Å². The van der Waals surface area contributed by atoms with Gasteiger partial charge in [0.2, 0.25) is 0 Å². The molecule has 584 valence electrons. The van der Waals surface area contributed by atoms with E-state index in [4.69, 9.17) is 28.4 Å². The Kier molecular flexibility index (Phi) is 21.1. The van der Waals surface area contributed by atoms with E-state index < -0.39 is 25.2 Å². The third kappa shape index (κ3) is 16.5. The summed E-state index contributed by atoms with van der Waals surface area (Å²) in [4.78, 5) is 35.5. The summed E-state index contributed by atoms with van der Waals surface area (Å²) in [5.41, 5.74) is 7.80. The molecule has 0 fully saturated rings. The molecule has 0 N–H and O–H groups in total. The topological polar surface area (TPSA) is 151 Å². The number of aromatic nitrogens is 6. The number of nitrogens with zero attached hydrogens (tertiary/aromatic N) is 6. The summed E-state index contributed by atoms with van der Waals surface area (Å²) in [5, 5.41) is 32.6. The summed E-state index contributed by atoms with van der Waals surface area (Å²) in [6.45, 7) is 26.9. The minimum atomic E-state index is -0.584. The molecule has 0 radical (unpaired) electrons. The summed E-state index contributed by atoms with van der Waals surface area (Å²) >= 11 is 6.12. The molecular formula is C98H90N6O8S4. The van der Waals surface area contributed by atoms with Crippen LogP contribution in [-0.2, 0) is 80.2 Å². The van der Waals surface area contributed by atoms with Crippen LogP contribution in [-0.4, -0.2) is 55.1 Å². The molecule has 1 aliphatic heterocycles. The summed E-state index contributed by atoms with van der Waals surface area (Å²) < 4.78 is 44.7. The zero-order chi connectivity index (χ0) is 80.4. The van der Waals surface area contributed by atoms with Gasteiger partial charge in [-0.3, -0.25) is 0 Å². The Morgan fingerprint density at radius 3 is 0.914 bits per heavy atom.